The molecule has 0 radical (unpaired) electrons. The number of hydrogen-bond donors (Lipinski definition) is 1. The molecule has 64 valence electrons. The van der Waals surface area contributed by atoms with Crippen LogP contribution >= 0.6 is 0 Å². The van der Waals surface area contributed by atoms with Gasteiger partial charge in [0.25, 0.3) is 0 Å². The molecule has 0 aliphatic carbocycles. The Morgan fingerprint density at radius 3 is 2.77 bits per heavy atom. The Morgan fingerprint density at radius 2 is 2.00 bits per heavy atom. The molecule has 2 rings (SSSR count). The number of pyridine rings is 1. The number of carboxylic acid groups (broad SMARTS) is 1. The summed E-state index contributed by atoms with van der Waals surface area (Å²) in [7, 11) is 0. The minimum absolute atomic E-state index is 0.0144. The average molecular weight is 175 g/mol. The van der Waals surface area contributed by atoms with Gasteiger partial charge in [0.2, 0.25) is 0 Å². The molecule has 0 atom stereocenters. The third-order valence-corrected chi connectivity index (χ3v) is 1.62. The van der Waals surface area contributed by atoms with Gasteiger partial charge in [0.05, 0.1) is 17.9 Å². The van der Waals surface area contributed by atoms with E-state index in [-0.39, 0.29) is 5.69 Å². The second-order valence-electron chi connectivity index (χ2n) is 2.47. The standard InChI is InChI=1S/C8H5N3O2/c12-8(13)6-2-1-5-3-9-10-4-7(5)11-6/h1-4H,(H,12,13). The van der Waals surface area contributed by atoms with Crippen LogP contribution in [0.5, 0.6) is 0 Å². The predicted molar refractivity (Wildman–Crippen MR) is 44.3 cm³/mol. The van der Waals surface area contributed by atoms with E-state index in [1.807, 2.05) is 0 Å². The van der Waals surface area contributed by atoms with Crippen molar-refractivity contribution in [1.82, 2.24) is 15.2 Å². The molecule has 0 aliphatic heterocycles. The normalized spacial score (nSPS) is 10.2. The number of fused-ring (bicyclic) bond motifs is 1. The highest BCUT2D eigenvalue weighted by atomic mass is 16.4. The zero-order valence-electron chi connectivity index (χ0n) is 6.51. The maximum absolute atomic E-state index is 10.5. The van der Waals surface area contributed by atoms with Gasteiger partial charge in [0, 0.05) is 5.39 Å². The largest absolute Gasteiger partial charge is 0.477 e. The lowest BCUT2D eigenvalue weighted by molar-refractivity contribution is 0.0691. The smallest absolute Gasteiger partial charge is 0.354 e. The molecule has 0 saturated carbocycles. The SMILES string of the molecule is O=C(O)c1ccc2cnncc2n1. The number of aromatic carboxylic acids is 1. The van der Waals surface area contributed by atoms with Gasteiger partial charge < -0.3 is 5.11 Å². The van der Waals surface area contributed by atoms with Crippen LogP contribution in [0.4, 0.5) is 0 Å². The maximum Gasteiger partial charge on any atom is 0.354 e. The minimum Gasteiger partial charge on any atom is -0.477 e. The van der Waals surface area contributed by atoms with E-state index in [2.05, 4.69) is 15.2 Å². The second kappa shape index (κ2) is 2.78. The zero-order chi connectivity index (χ0) is 9.26. The van der Waals surface area contributed by atoms with Crippen LogP contribution in [0.25, 0.3) is 10.9 Å². The van der Waals surface area contributed by atoms with Gasteiger partial charge >= 0.3 is 5.97 Å². The Bertz CT molecular complexity index is 470. The van der Waals surface area contributed by atoms with Crippen LogP contribution in [0.1, 0.15) is 10.5 Å². The van der Waals surface area contributed by atoms with Crippen molar-refractivity contribution in [2.24, 2.45) is 0 Å². The molecule has 13 heavy (non-hydrogen) atoms. The minimum atomic E-state index is -1.04. The van der Waals surface area contributed by atoms with Gasteiger partial charge in [-0.1, -0.05) is 0 Å². The molecule has 0 saturated heterocycles. The van der Waals surface area contributed by atoms with Crippen molar-refractivity contribution in [3.63, 3.8) is 0 Å². The van der Waals surface area contributed by atoms with Gasteiger partial charge in [0.1, 0.15) is 5.69 Å². The molecule has 2 aromatic rings. The van der Waals surface area contributed by atoms with Gasteiger partial charge in [-0.2, -0.15) is 10.2 Å². The first kappa shape index (κ1) is 7.60. The number of hydrogen-bond acceptors (Lipinski definition) is 4. The van der Waals surface area contributed by atoms with E-state index >= 15 is 0 Å². The van der Waals surface area contributed by atoms with Crippen molar-refractivity contribution < 1.29 is 9.90 Å². The molecular formula is C8H5N3O2. The second-order valence-corrected chi connectivity index (χ2v) is 2.47. The molecule has 2 heterocycles. The molecule has 1 N–H and O–H groups in total. The van der Waals surface area contributed by atoms with E-state index < -0.39 is 5.97 Å². The van der Waals surface area contributed by atoms with Crippen molar-refractivity contribution in [3.05, 3.63) is 30.2 Å². The zero-order valence-corrected chi connectivity index (χ0v) is 6.51. The summed E-state index contributed by atoms with van der Waals surface area (Å²) in [6.45, 7) is 0. The van der Waals surface area contributed by atoms with Gasteiger partial charge in [-0.25, -0.2) is 9.78 Å². The molecule has 0 bridgehead atoms. The van der Waals surface area contributed by atoms with Crippen LogP contribution in [0.3, 0.4) is 0 Å². The van der Waals surface area contributed by atoms with E-state index in [9.17, 15) is 4.79 Å². The third kappa shape index (κ3) is 1.31. The van der Waals surface area contributed by atoms with E-state index in [0.29, 0.717) is 5.52 Å². The van der Waals surface area contributed by atoms with E-state index in [1.54, 1.807) is 6.07 Å². The highest BCUT2D eigenvalue weighted by Crippen LogP contribution is 2.08. The summed E-state index contributed by atoms with van der Waals surface area (Å²) in [5.41, 5.74) is 0.551. The predicted octanol–water partition coefficient (Wildman–Crippen LogP) is 0.723. The summed E-state index contributed by atoms with van der Waals surface area (Å²) in [5.74, 6) is -1.04. The molecule has 0 unspecified atom stereocenters. The molecule has 2 aromatic heterocycles. The van der Waals surface area contributed by atoms with E-state index in [0.717, 1.165) is 5.39 Å². The fourth-order valence-electron chi connectivity index (χ4n) is 1.00. The van der Waals surface area contributed by atoms with E-state index in [4.69, 9.17) is 5.11 Å². The Kier molecular flexibility index (Phi) is 1.63. The van der Waals surface area contributed by atoms with Crippen LogP contribution in [-0.2, 0) is 0 Å². The fourth-order valence-corrected chi connectivity index (χ4v) is 1.00. The first-order chi connectivity index (χ1) is 6.27. The lowest BCUT2D eigenvalue weighted by Gasteiger charge is -1.96. The van der Waals surface area contributed by atoms with Crippen molar-refractivity contribution in [3.8, 4) is 0 Å². The molecule has 0 aromatic carbocycles. The summed E-state index contributed by atoms with van der Waals surface area (Å²) in [4.78, 5) is 14.4. The van der Waals surface area contributed by atoms with E-state index in [1.165, 1.54) is 18.5 Å². The lowest BCUT2D eigenvalue weighted by atomic mass is 10.2. The van der Waals surface area contributed by atoms with Crippen LogP contribution in [0.15, 0.2) is 24.5 Å². The number of rotatable bonds is 1. The lowest BCUT2D eigenvalue weighted by Crippen LogP contribution is -1.99. The summed E-state index contributed by atoms with van der Waals surface area (Å²) in [6.07, 6.45) is 2.97. The third-order valence-electron chi connectivity index (χ3n) is 1.62. The highest BCUT2D eigenvalue weighted by Gasteiger charge is 2.04. The first-order valence-corrected chi connectivity index (χ1v) is 3.58. The van der Waals surface area contributed by atoms with Crippen LogP contribution in [-0.4, -0.2) is 26.3 Å². The number of carboxylic acids is 1. The number of aromatic nitrogens is 3. The van der Waals surface area contributed by atoms with Gasteiger partial charge in [0.15, 0.2) is 0 Å². The molecule has 5 nitrogen and oxygen atoms in total. The summed E-state index contributed by atoms with van der Waals surface area (Å²) in [6, 6.07) is 3.09. The molecule has 0 aliphatic rings. The Balaban J connectivity index is 2.69. The quantitative estimate of drug-likeness (QED) is 0.691. The van der Waals surface area contributed by atoms with Crippen molar-refractivity contribution in [2.45, 2.75) is 0 Å². The van der Waals surface area contributed by atoms with Crippen LogP contribution in [0, 0.1) is 0 Å². The summed E-state index contributed by atoms with van der Waals surface area (Å²) < 4.78 is 0. The van der Waals surface area contributed by atoms with Gasteiger partial charge in [-0.05, 0) is 12.1 Å². The highest BCUT2D eigenvalue weighted by molar-refractivity contribution is 5.89. The Hall–Kier alpha value is -2.04. The first-order valence-electron chi connectivity index (χ1n) is 3.58. The average Bonchev–Trinajstić information content (AvgIpc) is 2.17. The van der Waals surface area contributed by atoms with Crippen molar-refractivity contribution >= 4 is 16.9 Å². The summed E-state index contributed by atoms with van der Waals surface area (Å²) >= 11 is 0. The molecule has 0 amide bonds. The molecular weight excluding hydrogens is 170 g/mol. The van der Waals surface area contributed by atoms with Crippen LogP contribution < -0.4 is 0 Å². The topological polar surface area (TPSA) is 76.0 Å². The van der Waals surface area contributed by atoms with Gasteiger partial charge in [-0.3, -0.25) is 0 Å². The Morgan fingerprint density at radius 1 is 1.23 bits per heavy atom. The molecule has 0 fully saturated rings. The number of carbonyl (C=O) groups is 1. The number of nitrogens with zero attached hydrogens (tertiary/aromatic N) is 3. The van der Waals surface area contributed by atoms with Crippen molar-refractivity contribution in [2.75, 3.05) is 0 Å². The maximum atomic E-state index is 10.5. The van der Waals surface area contributed by atoms with Gasteiger partial charge in [-0.15, -0.1) is 0 Å². The van der Waals surface area contributed by atoms with Crippen molar-refractivity contribution in [1.29, 1.82) is 0 Å². The molecule has 0 spiro atoms. The fraction of sp³-hybridized carbons (Fsp3) is 0. The summed E-state index contributed by atoms with van der Waals surface area (Å²) in [5, 5.41) is 16.7. The monoisotopic (exact) mass is 175 g/mol. The Labute approximate surface area is 73.1 Å². The van der Waals surface area contributed by atoms with Crippen LogP contribution in [0.2, 0.25) is 0 Å². The molecule has 5 heteroatoms.